The Bertz CT molecular complexity index is 844. The number of thiophene rings is 1. The van der Waals surface area contributed by atoms with Crippen molar-refractivity contribution in [2.75, 3.05) is 13.1 Å². The highest BCUT2D eigenvalue weighted by atomic mass is 32.1. The van der Waals surface area contributed by atoms with Crippen molar-refractivity contribution >= 4 is 27.5 Å². The van der Waals surface area contributed by atoms with Gasteiger partial charge >= 0.3 is 0 Å². The number of aromatic nitrogens is 2. The van der Waals surface area contributed by atoms with Crippen molar-refractivity contribution < 1.29 is 4.79 Å². The molecule has 2 aromatic rings. The second-order valence-corrected chi connectivity index (χ2v) is 8.54. The van der Waals surface area contributed by atoms with E-state index in [0.717, 1.165) is 49.0 Å². The Morgan fingerprint density at radius 2 is 2.04 bits per heavy atom. The number of carbonyl (C=O) groups is 1. The second kappa shape index (κ2) is 5.99. The lowest BCUT2D eigenvalue weighted by Gasteiger charge is -2.35. The van der Waals surface area contributed by atoms with Crippen molar-refractivity contribution in [2.45, 2.75) is 46.1 Å². The Kier molecular flexibility index (Phi) is 3.95. The third-order valence-corrected chi connectivity index (χ3v) is 6.42. The summed E-state index contributed by atoms with van der Waals surface area (Å²) in [6.45, 7) is 6.06. The third kappa shape index (κ3) is 2.66. The molecule has 1 saturated heterocycles. The zero-order valence-corrected chi connectivity index (χ0v) is 15.1. The summed E-state index contributed by atoms with van der Waals surface area (Å²) in [6, 6.07) is 0. The molecule has 2 unspecified atom stereocenters. The molecule has 1 aliphatic carbocycles. The van der Waals surface area contributed by atoms with Crippen LogP contribution >= 0.6 is 11.3 Å². The lowest BCUT2D eigenvalue weighted by atomic mass is 9.92. The molecule has 6 heteroatoms. The smallest absolute Gasteiger partial charge is 0.262 e. The summed E-state index contributed by atoms with van der Waals surface area (Å²) in [7, 11) is 0. The molecule has 0 aromatic carbocycles. The zero-order valence-electron chi connectivity index (χ0n) is 14.2. The van der Waals surface area contributed by atoms with Crippen LogP contribution in [0.3, 0.4) is 0 Å². The molecule has 5 nitrogen and oxygen atoms in total. The number of amides is 1. The second-order valence-electron chi connectivity index (χ2n) is 7.46. The molecule has 128 valence electrons. The maximum Gasteiger partial charge on any atom is 0.262 e. The number of likely N-dealkylation sites (tertiary alicyclic amines) is 1. The topological polar surface area (TPSA) is 55.2 Å². The summed E-state index contributed by atoms with van der Waals surface area (Å²) in [5.74, 6) is 1.08. The number of hydrogen-bond donors (Lipinski definition) is 0. The van der Waals surface area contributed by atoms with Crippen LogP contribution in [0.25, 0.3) is 10.2 Å². The van der Waals surface area contributed by atoms with Crippen LogP contribution in [-0.2, 0) is 24.2 Å². The maximum atomic E-state index is 12.9. The van der Waals surface area contributed by atoms with Gasteiger partial charge in [-0.3, -0.25) is 14.2 Å². The van der Waals surface area contributed by atoms with Crippen LogP contribution in [0.4, 0.5) is 0 Å². The molecule has 4 rings (SSSR count). The normalized spacial score (nSPS) is 23.7. The van der Waals surface area contributed by atoms with Crippen molar-refractivity contribution in [3.8, 4) is 0 Å². The van der Waals surface area contributed by atoms with E-state index in [-0.39, 0.29) is 18.0 Å². The number of carbonyl (C=O) groups excluding carboxylic acids is 1. The van der Waals surface area contributed by atoms with Gasteiger partial charge in [0.05, 0.1) is 11.7 Å². The molecule has 0 N–H and O–H groups in total. The summed E-state index contributed by atoms with van der Waals surface area (Å²) in [4.78, 5) is 34.0. The van der Waals surface area contributed by atoms with Crippen molar-refractivity contribution in [3.63, 3.8) is 0 Å². The van der Waals surface area contributed by atoms with Crippen LogP contribution < -0.4 is 5.56 Å². The monoisotopic (exact) mass is 345 g/mol. The van der Waals surface area contributed by atoms with Gasteiger partial charge in [0.25, 0.3) is 5.56 Å². The lowest BCUT2D eigenvalue weighted by Crippen LogP contribution is -2.44. The molecule has 24 heavy (non-hydrogen) atoms. The van der Waals surface area contributed by atoms with Crippen molar-refractivity contribution in [2.24, 2.45) is 11.8 Å². The minimum absolute atomic E-state index is 0.0310. The van der Waals surface area contributed by atoms with Crippen molar-refractivity contribution in [1.82, 2.24) is 14.5 Å². The molecule has 1 fully saturated rings. The van der Waals surface area contributed by atoms with E-state index in [1.807, 2.05) is 4.90 Å². The molecular formula is C18H23N3O2S. The summed E-state index contributed by atoms with van der Waals surface area (Å²) in [5.41, 5.74) is 1.13. The van der Waals surface area contributed by atoms with Crippen LogP contribution in [0.1, 0.15) is 37.1 Å². The first-order chi connectivity index (χ1) is 11.5. The fraction of sp³-hybridized carbons (Fsp3) is 0.611. The average molecular weight is 345 g/mol. The van der Waals surface area contributed by atoms with Crippen LogP contribution in [0, 0.1) is 11.8 Å². The van der Waals surface area contributed by atoms with E-state index in [1.165, 1.54) is 15.0 Å². The van der Waals surface area contributed by atoms with Crippen LogP contribution in [0.15, 0.2) is 11.1 Å². The van der Waals surface area contributed by atoms with E-state index in [1.54, 1.807) is 17.7 Å². The molecule has 0 radical (unpaired) electrons. The van der Waals surface area contributed by atoms with E-state index < -0.39 is 0 Å². The molecule has 1 aliphatic heterocycles. The highest BCUT2D eigenvalue weighted by Gasteiger charge is 2.26. The Balaban J connectivity index is 1.62. The number of hydrogen-bond acceptors (Lipinski definition) is 4. The first kappa shape index (κ1) is 15.8. The third-order valence-electron chi connectivity index (χ3n) is 5.22. The van der Waals surface area contributed by atoms with Gasteiger partial charge in [-0.1, -0.05) is 13.8 Å². The van der Waals surface area contributed by atoms with E-state index >= 15 is 0 Å². The van der Waals surface area contributed by atoms with Crippen LogP contribution in [0.2, 0.25) is 0 Å². The van der Waals surface area contributed by atoms with Gasteiger partial charge in [-0.25, -0.2) is 4.98 Å². The number of aryl methyl sites for hydroxylation is 2. The quantitative estimate of drug-likeness (QED) is 0.840. The highest BCUT2D eigenvalue weighted by Crippen LogP contribution is 2.34. The minimum Gasteiger partial charge on any atom is -0.341 e. The summed E-state index contributed by atoms with van der Waals surface area (Å²) in [6.07, 6.45) is 5.85. The number of fused-ring (bicyclic) bond motifs is 3. The fourth-order valence-electron chi connectivity index (χ4n) is 4.24. The van der Waals surface area contributed by atoms with Gasteiger partial charge in [-0.05, 0) is 43.1 Å². The molecule has 1 amide bonds. The molecule has 2 aliphatic rings. The Morgan fingerprint density at radius 3 is 2.79 bits per heavy atom. The molecule has 2 aromatic heterocycles. The average Bonchev–Trinajstić information content (AvgIpc) is 3.09. The SMILES string of the molecule is CC1CC(C)CN(C(=O)Cn2cnc3sc4c(c3c2=O)CCC4)C1. The summed E-state index contributed by atoms with van der Waals surface area (Å²) in [5, 5.41) is 0.753. The molecule has 0 spiro atoms. The van der Waals surface area contributed by atoms with E-state index in [4.69, 9.17) is 0 Å². The Labute approximate surface area is 145 Å². The van der Waals surface area contributed by atoms with Crippen molar-refractivity contribution in [1.29, 1.82) is 0 Å². The maximum absolute atomic E-state index is 12.9. The zero-order chi connectivity index (χ0) is 16.8. The van der Waals surface area contributed by atoms with Crippen LogP contribution in [-0.4, -0.2) is 33.4 Å². The number of piperidine rings is 1. The lowest BCUT2D eigenvalue weighted by molar-refractivity contribution is -0.134. The molecule has 2 atom stereocenters. The molecular weight excluding hydrogens is 322 g/mol. The van der Waals surface area contributed by atoms with Crippen molar-refractivity contribution in [3.05, 3.63) is 27.1 Å². The Hall–Kier alpha value is -1.69. The van der Waals surface area contributed by atoms with E-state index in [2.05, 4.69) is 18.8 Å². The standard InChI is InChI=1S/C18H23N3O2S/c1-11-6-12(2)8-20(7-11)15(22)9-21-10-19-17-16(18(21)23)13-4-3-5-14(13)24-17/h10-12H,3-9H2,1-2H3. The van der Waals surface area contributed by atoms with Crippen LogP contribution in [0.5, 0.6) is 0 Å². The van der Waals surface area contributed by atoms with Gasteiger partial charge in [0, 0.05) is 18.0 Å². The molecule has 0 saturated carbocycles. The number of nitrogens with zero attached hydrogens (tertiary/aromatic N) is 3. The van der Waals surface area contributed by atoms with E-state index in [9.17, 15) is 9.59 Å². The minimum atomic E-state index is -0.0501. The number of rotatable bonds is 2. The van der Waals surface area contributed by atoms with Gasteiger partial charge in [0.1, 0.15) is 11.4 Å². The van der Waals surface area contributed by atoms with Gasteiger partial charge < -0.3 is 4.90 Å². The summed E-state index contributed by atoms with van der Waals surface area (Å²) >= 11 is 1.64. The first-order valence-corrected chi connectivity index (χ1v) is 9.62. The van der Waals surface area contributed by atoms with Gasteiger partial charge in [-0.15, -0.1) is 11.3 Å². The van der Waals surface area contributed by atoms with Gasteiger partial charge in [0.2, 0.25) is 5.91 Å². The molecule has 3 heterocycles. The van der Waals surface area contributed by atoms with E-state index in [0.29, 0.717) is 11.8 Å². The predicted octanol–water partition coefficient (Wildman–Crippen LogP) is 2.45. The summed E-state index contributed by atoms with van der Waals surface area (Å²) < 4.78 is 1.50. The highest BCUT2D eigenvalue weighted by molar-refractivity contribution is 7.18. The first-order valence-electron chi connectivity index (χ1n) is 8.80. The van der Waals surface area contributed by atoms with Gasteiger partial charge in [0.15, 0.2) is 0 Å². The fourth-order valence-corrected chi connectivity index (χ4v) is 5.46. The van der Waals surface area contributed by atoms with Gasteiger partial charge in [-0.2, -0.15) is 0 Å². The largest absolute Gasteiger partial charge is 0.341 e. The molecule has 0 bridgehead atoms. The predicted molar refractivity (Wildman–Crippen MR) is 95.4 cm³/mol. The Morgan fingerprint density at radius 1 is 1.29 bits per heavy atom.